The number of pyridine rings is 1. The molecular weight excluding hydrogens is 196 g/mol. The summed E-state index contributed by atoms with van der Waals surface area (Å²) in [7, 11) is 1.38. The molecule has 0 saturated carbocycles. The van der Waals surface area contributed by atoms with E-state index in [0.29, 0.717) is 12.2 Å². The van der Waals surface area contributed by atoms with Crippen LogP contribution >= 0.6 is 0 Å². The Labute approximate surface area is 86.3 Å². The van der Waals surface area contributed by atoms with Gasteiger partial charge in [-0.3, -0.25) is 14.6 Å². The summed E-state index contributed by atoms with van der Waals surface area (Å²) in [5.74, 6) is 0.408. The van der Waals surface area contributed by atoms with Crippen LogP contribution < -0.4 is 10.8 Å². The molecule has 2 rings (SSSR count). The largest absolute Gasteiger partial charge is 0.350 e. The van der Waals surface area contributed by atoms with E-state index in [9.17, 15) is 4.79 Å². The van der Waals surface area contributed by atoms with E-state index >= 15 is 0 Å². The Kier molecular flexibility index (Phi) is 2.59. The Bertz CT molecular complexity index is 417. The molecule has 78 valence electrons. The van der Waals surface area contributed by atoms with Gasteiger partial charge in [0.15, 0.2) is 0 Å². The SMILES string of the molecule is CONC(=O)c1cnc2c(c1)C=NCN2. The highest BCUT2D eigenvalue weighted by Crippen LogP contribution is 2.14. The third-order valence-electron chi connectivity index (χ3n) is 1.94. The minimum absolute atomic E-state index is 0.327. The summed E-state index contributed by atoms with van der Waals surface area (Å²) in [4.78, 5) is 24.0. The van der Waals surface area contributed by atoms with Crippen LogP contribution in [-0.4, -0.2) is 30.9 Å². The van der Waals surface area contributed by atoms with Gasteiger partial charge in [-0.1, -0.05) is 0 Å². The molecule has 0 spiro atoms. The van der Waals surface area contributed by atoms with Crippen molar-refractivity contribution in [3.8, 4) is 0 Å². The Morgan fingerprint density at radius 1 is 1.67 bits per heavy atom. The normalized spacial score (nSPS) is 12.9. The van der Waals surface area contributed by atoms with Crippen LogP contribution in [0.15, 0.2) is 17.3 Å². The van der Waals surface area contributed by atoms with Crippen molar-refractivity contribution in [3.63, 3.8) is 0 Å². The van der Waals surface area contributed by atoms with Crippen LogP contribution in [0.25, 0.3) is 0 Å². The van der Waals surface area contributed by atoms with Gasteiger partial charge in [-0.25, -0.2) is 10.5 Å². The second-order valence-electron chi connectivity index (χ2n) is 2.94. The number of rotatable bonds is 2. The van der Waals surface area contributed by atoms with Gasteiger partial charge in [-0.05, 0) is 6.07 Å². The van der Waals surface area contributed by atoms with Crippen LogP contribution in [0.3, 0.4) is 0 Å². The number of fused-ring (bicyclic) bond motifs is 1. The molecule has 0 aromatic carbocycles. The summed E-state index contributed by atoms with van der Waals surface area (Å²) in [5, 5.41) is 2.99. The summed E-state index contributed by atoms with van der Waals surface area (Å²) in [6, 6.07) is 1.70. The number of hydrogen-bond acceptors (Lipinski definition) is 5. The third-order valence-corrected chi connectivity index (χ3v) is 1.94. The number of carbonyl (C=O) groups is 1. The van der Waals surface area contributed by atoms with E-state index in [2.05, 4.69) is 25.6 Å². The summed E-state index contributed by atoms with van der Waals surface area (Å²) in [6.07, 6.45) is 3.17. The molecule has 6 heteroatoms. The number of hydrogen-bond donors (Lipinski definition) is 2. The molecule has 0 radical (unpaired) electrons. The number of aliphatic imine (C=N–C) groups is 1. The molecule has 2 N–H and O–H groups in total. The first kappa shape index (κ1) is 9.60. The predicted octanol–water partition coefficient (Wildman–Crippen LogP) is 0.175. The van der Waals surface area contributed by atoms with Gasteiger partial charge in [0.1, 0.15) is 12.5 Å². The minimum atomic E-state index is -0.327. The third kappa shape index (κ3) is 1.94. The van der Waals surface area contributed by atoms with Crippen molar-refractivity contribution in [2.24, 2.45) is 4.99 Å². The molecule has 15 heavy (non-hydrogen) atoms. The lowest BCUT2D eigenvalue weighted by molar-refractivity contribution is 0.0537. The molecule has 0 atom stereocenters. The van der Waals surface area contributed by atoms with Crippen molar-refractivity contribution in [2.75, 3.05) is 19.1 Å². The Morgan fingerprint density at radius 2 is 2.53 bits per heavy atom. The summed E-state index contributed by atoms with van der Waals surface area (Å²) < 4.78 is 0. The summed E-state index contributed by atoms with van der Waals surface area (Å²) in [6.45, 7) is 0.517. The van der Waals surface area contributed by atoms with Crippen LogP contribution in [0.2, 0.25) is 0 Å². The average molecular weight is 206 g/mol. The number of nitrogens with one attached hydrogen (secondary N) is 2. The zero-order valence-electron chi connectivity index (χ0n) is 8.15. The van der Waals surface area contributed by atoms with Crippen LogP contribution in [0.5, 0.6) is 0 Å². The van der Waals surface area contributed by atoms with E-state index in [0.717, 1.165) is 11.4 Å². The number of aromatic nitrogens is 1. The van der Waals surface area contributed by atoms with Crippen molar-refractivity contribution >= 4 is 17.9 Å². The van der Waals surface area contributed by atoms with Gasteiger partial charge in [-0.2, -0.15) is 0 Å². The van der Waals surface area contributed by atoms with Gasteiger partial charge in [0.05, 0.1) is 12.7 Å². The highest BCUT2D eigenvalue weighted by molar-refractivity contribution is 5.97. The number of hydroxylamine groups is 1. The molecule has 0 saturated heterocycles. The van der Waals surface area contributed by atoms with Gasteiger partial charge in [0.2, 0.25) is 0 Å². The first-order valence-corrected chi connectivity index (χ1v) is 4.38. The first-order chi connectivity index (χ1) is 7.31. The van der Waals surface area contributed by atoms with Crippen LogP contribution in [-0.2, 0) is 4.84 Å². The lowest BCUT2D eigenvalue weighted by atomic mass is 10.2. The number of anilines is 1. The second-order valence-corrected chi connectivity index (χ2v) is 2.94. The summed E-state index contributed by atoms with van der Waals surface area (Å²) >= 11 is 0. The molecule has 1 aromatic rings. The fourth-order valence-corrected chi connectivity index (χ4v) is 1.27. The maximum atomic E-state index is 11.4. The van der Waals surface area contributed by atoms with Gasteiger partial charge >= 0.3 is 0 Å². The van der Waals surface area contributed by atoms with Crippen molar-refractivity contribution in [1.29, 1.82) is 0 Å². The molecular formula is C9H10N4O2. The molecule has 0 fully saturated rings. The lowest BCUT2D eigenvalue weighted by Crippen LogP contribution is -2.22. The molecule has 0 bridgehead atoms. The Balaban J connectivity index is 2.29. The number of amides is 1. The van der Waals surface area contributed by atoms with Crippen LogP contribution in [0.1, 0.15) is 15.9 Å². The fraction of sp³-hybridized carbons (Fsp3) is 0.222. The van der Waals surface area contributed by atoms with E-state index in [1.807, 2.05) is 0 Å². The van der Waals surface area contributed by atoms with Gasteiger partial charge in [-0.15, -0.1) is 0 Å². The lowest BCUT2D eigenvalue weighted by Gasteiger charge is -2.11. The van der Waals surface area contributed by atoms with E-state index in [1.165, 1.54) is 13.3 Å². The molecule has 1 aliphatic heterocycles. The molecule has 1 aliphatic rings. The van der Waals surface area contributed by atoms with Crippen LogP contribution in [0.4, 0.5) is 5.82 Å². The van der Waals surface area contributed by atoms with E-state index < -0.39 is 0 Å². The summed E-state index contributed by atoms with van der Waals surface area (Å²) in [5.41, 5.74) is 3.46. The van der Waals surface area contributed by atoms with E-state index in [1.54, 1.807) is 12.3 Å². The Hall–Kier alpha value is -1.95. The van der Waals surface area contributed by atoms with Gasteiger partial charge < -0.3 is 5.32 Å². The quantitative estimate of drug-likeness (QED) is 0.676. The van der Waals surface area contributed by atoms with Gasteiger partial charge in [0.25, 0.3) is 5.91 Å². The molecule has 0 unspecified atom stereocenters. The smallest absolute Gasteiger partial charge is 0.276 e. The number of nitrogens with zero attached hydrogens (tertiary/aromatic N) is 2. The monoisotopic (exact) mass is 206 g/mol. The molecule has 1 aromatic heterocycles. The molecule has 2 heterocycles. The van der Waals surface area contributed by atoms with E-state index in [4.69, 9.17) is 0 Å². The average Bonchev–Trinajstić information content (AvgIpc) is 2.29. The minimum Gasteiger partial charge on any atom is -0.350 e. The molecule has 1 amide bonds. The zero-order valence-corrected chi connectivity index (χ0v) is 8.15. The van der Waals surface area contributed by atoms with Crippen molar-refractivity contribution in [2.45, 2.75) is 0 Å². The van der Waals surface area contributed by atoms with E-state index in [-0.39, 0.29) is 5.91 Å². The molecule has 0 aliphatic carbocycles. The maximum Gasteiger partial charge on any atom is 0.276 e. The predicted molar refractivity (Wildman–Crippen MR) is 54.8 cm³/mol. The second kappa shape index (κ2) is 4.05. The fourth-order valence-electron chi connectivity index (χ4n) is 1.27. The van der Waals surface area contributed by atoms with Crippen molar-refractivity contribution in [3.05, 3.63) is 23.4 Å². The van der Waals surface area contributed by atoms with Crippen molar-refractivity contribution < 1.29 is 9.63 Å². The zero-order chi connectivity index (χ0) is 10.7. The standard InChI is InChI=1S/C9H10N4O2/c1-15-13-9(14)7-2-6-3-10-5-12-8(6)11-4-7/h2-4H,5H2,1H3,(H,11,12)(H,13,14). The van der Waals surface area contributed by atoms with Gasteiger partial charge in [0, 0.05) is 18.0 Å². The first-order valence-electron chi connectivity index (χ1n) is 4.38. The van der Waals surface area contributed by atoms with Crippen molar-refractivity contribution in [1.82, 2.24) is 10.5 Å². The highest BCUT2D eigenvalue weighted by Gasteiger charge is 2.11. The maximum absolute atomic E-state index is 11.4. The number of carbonyl (C=O) groups excluding carboxylic acids is 1. The topological polar surface area (TPSA) is 75.6 Å². The highest BCUT2D eigenvalue weighted by atomic mass is 16.6. The molecule has 6 nitrogen and oxygen atoms in total. The Morgan fingerprint density at radius 3 is 3.33 bits per heavy atom. The van der Waals surface area contributed by atoms with Crippen LogP contribution in [0, 0.1) is 0 Å².